The average Bonchev–Trinajstić information content (AvgIpc) is 3.15. The van der Waals surface area contributed by atoms with Gasteiger partial charge in [-0.15, -0.1) is 0 Å². The number of halogens is 1. The summed E-state index contributed by atoms with van der Waals surface area (Å²) < 4.78 is 5.46. The van der Waals surface area contributed by atoms with Gasteiger partial charge in [-0.1, -0.05) is 23.2 Å². The smallest absolute Gasteiger partial charge is 0.249 e. The molecular formula is C17H18ClN3O2. The van der Waals surface area contributed by atoms with Gasteiger partial charge in [0.15, 0.2) is 0 Å². The standard InChI is InChI=1S/C17H18ClN3O2/c18-13-8-6-11(7-9-13)15-19-16(23-20-15)14-5-2-10-21(14)17(22)12-3-1-4-12/h6-9,12,14H,1-5,10H2. The maximum absolute atomic E-state index is 12.5. The maximum Gasteiger partial charge on any atom is 0.249 e. The lowest BCUT2D eigenvalue weighted by molar-refractivity contribution is -0.139. The predicted octanol–water partition coefficient (Wildman–Crippen LogP) is 3.85. The molecule has 0 bridgehead atoms. The Morgan fingerprint density at radius 1 is 1.17 bits per heavy atom. The molecule has 1 unspecified atom stereocenters. The van der Waals surface area contributed by atoms with Crippen molar-refractivity contribution in [3.05, 3.63) is 35.2 Å². The molecule has 2 heterocycles. The molecule has 2 fully saturated rings. The average molecular weight is 332 g/mol. The van der Waals surface area contributed by atoms with E-state index in [1.165, 1.54) is 0 Å². The molecule has 4 rings (SSSR count). The number of aromatic nitrogens is 2. The molecule has 1 aliphatic carbocycles. The number of hydrogen-bond donors (Lipinski definition) is 0. The van der Waals surface area contributed by atoms with Crippen LogP contribution < -0.4 is 0 Å². The van der Waals surface area contributed by atoms with Crippen LogP contribution in [0.2, 0.25) is 5.02 Å². The van der Waals surface area contributed by atoms with Crippen LogP contribution >= 0.6 is 11.6 Å². The van der Waals surface area contributed by atoms with Crippen molar-refractivity contribution >= 4 is 17.5 Å². The summed E-state index contributed by atoms with van der Waals surface area (Å²) in [6, 6.07) is 7.26. The minimum absolute atomic E-state index is 0.0725. The van der Waals surface area contributed by atoms with Gasteiger partial charge in [0.05, 0.1) is 0 Å². The molecule has 6 heteroatoms. The van der Waals surface area contributed by atoms with Crippen LogP contribution in [0.3, 0.4) is 0 Å². The zero-order valence-corrected chi connectivity index (χ0v) is 13.5. The fourth-order valence-electron chi connectivity index (χ4n) is 3.26. The lowest BCUT2D eigenvalue weighted by Crippen LogP contribution is -2.38. The second-order valence-corrected chi connectivity index (χ2v) is 6.72. The number of likely N-dealkylation sites (tertiary alicyclic amines) is 1. The van der Waals surface area contributed by atoms with Crippen LogP contribution in [0.4, 0.5) is 0 Å². The molecule has 1 saturated heterocycles. The molecule has 1 aromatic carbocycles. The van der Waals surface area contributed by atoms with Gasteiger partial charge in [0, 0.05) is 23.0 Å². The number of hydrogen-bond acceptors (Lipinski definition) is 4. The van der Waals surface area contributed by atoms with Crippen molar-refractivity contribution < 1.29 is 9.32 Å². The minimum atomic E-state index is -0.0725. The molecule has 1 atom stereocenters. The van der Waals surface area contributed by atoms with Crippen molar-refractivity contribution in [1.82, 2.24) is 15.0 Å². The van der Waals surface area contributed by atoms with Gasteiger partial charge in [-0.25, -0.2) is 0 Å². The van der Waals surface area contributed by atoms with Crippen LogP contribution in [0.25, 0.3) is 11.4 Å². The summed E-state index contributed by atoms with van der Waals surface area (Å²) in [6.07, 6.45) is 5.07. The molecule has 0 N–H and O–H groups in total. The Balaban J connectivity index is 1.55. The first-order valence-electron chi connectivity index (χ1n) is 8.12. The first-order valence-corrected chi connectivity index (χ1v) is 8.50. The molecule has 2 aromatic rings. The van der Waals surface area contributed by atoms with E-state index in [9.17, 15) is 4.79 Å². The van der Waals surface area contributed by atoms with Gasteiger partial charge in [-0.3, -0.25) is 4.79 Å². The first kappa shape index (κ1) is 14.7. The molecular weight excluding hydrogens is 314 g/mol. The first-order chi connectivity index (χ1) is 11.2. The number of amides is 1. The zero-order valence-electron chi connectivity index (χ0n) is 12.7. The summed E-state index contributed by atoms with van der Waals surface area (Å²) in [7, 11) is 0. The van der Waals surface area contributed by atoms with Crippen molar-refractivity contribution in [2.45, 2.75) is 38.1 Å². The van der Waals surface area contributed by atoms with E-state index in [-0.39, 0.29) is 17.9 Å². The number of nitrogens with zero attached hydrogens (tertiary/aromatic N) is 3. The maximum atomic E-state index is 12.5. The number of rotatable bonds is 3. The Morgan fingerprint density at radius 3 is 2.65 bits per heavy atom. The second-order valence-electron chi connectivity index (χ2n) is 6.28. The fourth-order valence-corrected chi connectivity index (χ4v) is 3.39. The molecule has 120 valence electrons. The molecule has 1 saturated carbocycles. The molecule has 23 heavy (non-hydrogen) atoms. The fraction of sp³-hybridized carbons (Fsp3) is 0.471. The predicted molar refractivity (Wildman–Crippen MR) is 85.8 cm³/mol. The topological polar surface area (TPSA) is 59.2 Å². The van der Waals surface area contributed by atoms with Gasteiger partial charge in [0.1, 0.15) is 6.04 Å². The molecule has 1 amide bonds. The van der Waals surface area contributed by atoms with E-state index in [4.69, 9.17) is 16.1 Å². The van der Waals surface area contributed by atoms with Crippen molar-refractivity contribution in [3.63, 3.8) is 0 Å². The monoisotopic (exact) mass is 331 g/mol. The van der Waals surface area contributed by atoms with Crippen LogP contribution in [0.1, 0.15) is 44.0 Å². The van der Waals surface area contributed by atoms with Crippen LogP contribution in [-0.2, 0) is 4.79 Å². The number of benzene rings is 1. The molecule has 0 radical (unpaired) electrons. The van der Waals surface area contributed by atoms with Crippen LogP contribution in [-0.4, -0.2) is 27.5 Å². The summed E-state index contributed by atoms with van der Waals surface area (Å²) in [5.41, 5.74) is 0.860. The number of carbonyl (C=O) groups excluding carboxylic acids is 1. The van der Waals surface area contributed by atoms with E-state index in [1.54, 1.807) is 12.1 Å². The van der Waals surface area contributed by atoms with Gasteiger partial charge in [-0.2, -0.15) is 4.98 Å². The summed E-state index contributed by atoms with van der Waals surface area (Å²) in [6.45, 7) is 0.790. The van der Waals surface area contributed by atoms with Crippen LogP contribution in [0, 0.1) is 5.92 Å². The van der Waals surface area contributed by atoms with Crippen molar-refractivity contribution in [2.24, 2.45) is 5.92 Å². The highest BCUT2D eigenvalue weighted by atomic mass is 35.5. The van der Waals surface area contributed by atoms with E-state index < -0.39 is 0 Å². The van der Waals surface area contributed by atoms with E-state index in [2.05, 4.69) is 10.1 Å². The SMILES string of the molecule is O=C(C1CCC1)N1CCCC1c1nc(-c2ccc(Cl)cc2)no1. The summed E-state index contributed by atoms with van der Waals surface area (Å²) in [4.78, 5) is 19.0. The van der Waals surface area contributed by atoms with Crippen molar-refractivity contribution in [2.75, 3.05) is 6.54 Å². The highest BCUT2D eigenvalue weighted by molar-refractivity contribution is 6.30. The Labute approximate surface area is 139 Å². The van der Waals surface area contributed by atoms with Gasteiger partial charge in [0.25, 0.3) is 0 Å². The van der Waals surface area contributed by atoms with Gasteiger partial charge in [0.2, 0.25) is 17.6 Å². The Hall–Kier alpha value is -1.88. The number of carbonyl (C=O) groups is 1. The highest BCUT2D eigenvalue weighted by Gasteiger charge is 2.38. The third-order valence-corrected chi connectivity index (χ3v) is 5.07. The zero-order chi connectivity index (χ0) is 15.8. The third-order valence-electron chi connectivity index (χ3n) is 4.82. The van der Waals surface area contributed by atoms with Crippen molar-refractivity contribution in [1.29, 1.82) is 0 Å². The minimum Gasteiger partial charge on any atom is -0.337 e. The molecule has 2 aliphatic rings. The van der Waals surface area contributed by atoms with Gasteiger partial charge in [-0.05, 0) is 49.9 Å². The largest absolute Gasteiger partial charge is 0.337 e. The normalized spacial score (nSPS) is 21.4. The molecule has 1 aromatic heterocycles. The second kappa shape index (κ2) is 5.96. The van der Waals surface area contributed by atoms with Crippen LogP contribution in [0.15, 0.2) is 28.8 Å². The van der Waals surface area contributed by atoms with Crippen LogP contribution in [0.5, 0.6) is 0 Å². The van der Waals surface area contributed by atoms with E-state index in [1.807, 2.05) is 17.0 Å². The molecule has 0 spiro atoms. The molecule has 5 nitrogen and oxygen atoms in total. The Morgan fingerprint density at radius 2 is 1.96 bits per heavy atom. The van der Waals surface area contributed by atoms with E-state index in [0.717, 1.165) is 44.2 Å². The Kier molecular flexibility index (Phi) is 3.81. The summed E-state index contributed by atoms with van der Waals surface area (Å²) in [5.74, 6) is 1.54. The van der Waals surface area contributed by atoms with Crippen molar-refractivity contribution in [3.8, 4) is 11.4 Å². The van der Waals surface area contributed by atoms with E-state index >= 15 is 0 Å². The van der Waals surface area contributed by atoms with E-state index in [0.29, 0.717) is 16.7 Å². The quantitative estimate of drug-likeness (QED) is 0.857. The molecule has 1 aliphatic heterocycles. The summed E-state index contributed by atoms with van der Waals surface area (Å²) >= 11 is 5.90. The van der Waals surface area contributed by atoms with Gasteiger partial charge >= 0.3 is 0 Å². The third kappa shape index (κ3) is 2.74. The summed E-state index contributed by atoms with van der Waals surface area (Å²) in [5, 5.41) is 4.74. The Bertz CT molecular complexity index is 709. The highest BCUT2D eigenvalue weighted by Crippen LogP contribution is 2.37. The lowest BCUT2D eigenvalue weighted by atomic mass is 9.84. The van der Waals surface area contributed by atoms with Gasteiger partial charge < -0.3 is 9.42 Å². The lowest BCUT2D eigenvalue weighted by Gasteiger charge is -2.31.